The normalized spacial score (nSPS) is 14.3. The molecule has 0 bridgehead atoms. The Morgan fingerprint density at radius 2 is 2.06 bits per heavy atom. The number of hydrogen-bond donors (Lipinski definition) is 1. The van der Waals surface area contributed by atoms with Crippen LogP contribution in [-0.4, -0.2) is 26.2 Å². The highest BCUT2D eigenvalue weighted by Gasteiger charge is 2.16. The molecule has 0 spiro atoms. The van der Waals surface area contributed by atoms with Gasteiger partial charge in [0.25, 0.3) is 0 Å². The van der Waals surface area contributed by atoms with Crippen molar-refractivity contribution in [3.05, 3.63) is 29.8 Å². The topological polar surface area (TPSA) is 15.3 Å². The molecule has 18 heavy (non-hydrogen) atoms. The van der Waals surface area contributed by atoms with Crippen LogP contribution in [0, 0.1) is 5.92 Å². The minimum Gasteiger partial charge on any atom is -0.371 e. The van der Waals surface area contributed by atoms with Crippen molar-refractivity contribution in [1.82, 2.24) is 5.32 Å². The lowest BCUT2D eigenvalue weighted by molar-refractivity contribution is 0.531. The van der Waals surface area contributed by atoms with Gasteiger partial charge in [-0.15, -0.1) is 0 Å². The van der Waals surface area contributed by atoms with Crippen molar-refractivity contribution in [1.29, 1.82) is 0 Å². The summed E-state index contributed by atoms with van der Waals surface area (Å²) in [5.74, 6) is 0.808. The van der Waals surface area contributed by atoms with E-state index in [0.29, 0.717) is 0 Å². The zero-order valence-electron chi connectivity index (χ0n) is 11.8. The highest BCUT2D eigenvalue weighted by atomic mass is 15.1. The Balaban J connectivity index is 1.64. The second-order valence-corrected chi connectivity index (χ2v) is 5.65. The fraction of sp³-hybridized carbons (Fsp3) is 0.625. The molecule has 100 valence electrons. The molecule has 0 fully saturated rings. The van der Waals surface area contributed by atoms with Gasteiger partial charge in [-0.05, 0) is 49.9 Å². The van der Waals surface area contributed by atoms with Crippen LogP contribution in [0.3, 0.4) is 0 Å². The molecule has 2 heteroatoms. The molecule has 0 radical (unpaired) electrons. The maximum absolute atomic E-state index is 3.54. The molecule has 0 amide bonds. The molecule has 0 aromatic heterocycles. The molecule has 0 unspecified atom stereocenters. The van der Waals surface area contributed by atoms with E-state index >= 15 is 0 Å². The maximum atomic E-state index is 3.54. The number of rotatable bonds is 7. The van der Waals surface area contributed by atoms with Crippen LogP contribution in [0.5, 0.6) is 0 Å². The maximum Gasteiger partial charge on any atom is 0.0399 e. The zero-order valence-corrected chi connectivity index (χ0v) is 11.8. The lowest BCUT2D eigenvalue weighted by Crippen LogP contribution is -2.26. The van der Waals surface area contributed by atoms with Crippen LogP contribution in [0.15, 0.2) is 24.3 Å². The van der Waals surface area contributed by atoms with Gasteiger partial charge in [0, 0.05) is 18.8 Å². The Hall–Kier alpha value is -1.02. The Kier molecular flexibility index (Phi) is 5.06. The molecule has 0 saturated carbocycles. The number of anilines is 1. The van der Waals surface area contributed by atoms with E-state index in [1.807, 2.05) is 0 Å². The molecule has 1 aromatic carbocycles. The molecule has 1 aliphatic rings. The van der Waals surface area contributed by atoms with Crippen LogP contribution in [0.25, 0.3) is 0 Å². The lowest BCUT2D eigenvalue weighted by atomic mass is 10.1. The third-order valence-corrected chi connectivity index (χ3v) is 3.66. The van der Waals surface area contributed by atoms with Crippen molar-refractivity contribution in [2.45, 2.75) is 33.1 Å². The molecule has 0 saturated heterocycles. The van der Waals surface area contributed by atoms with Crippen LogP contribution >= 0.6 is 0 Å². The first-order chi connectivity index (χ1) is 8.77. The van der Waals surface area contributed by atoms with Crippen LogP contribution < -0.4 is 10.2 Å². The average Bonchev–Trinajstić information content (AvgIpc) is 2.77. The Morgan fingerprint density at radius 1 is 1.22 bits per heavy atom. The molecule has 0 aliphatic carbocycles. The molecule has 1 aromatic rings. The minimum absolute atomic E-state index is 0.808. The third kappa shape index (κ3) is 3.74. The first kappa shape index (κ1) is 13.4. The van der Waals surface area contributed by atoms with Gasteiger partial charge in [-0.2, -0.15) is 0 Å². The summed E-state index contributed by atoms with van der Waals surface area (Å²) in [6, 6.07) is 8.82. The SMILES string of the molecule is CC(C)CCNCCCN1CCc2ccccc21. The standard InChI is InChI=1S/C16H26N2/c1-14(2)8-11-17-10-5-12-18-13-9-15-6-3-4-7-16(15)18/h3-4,6-7,14,17H,5,8-13H2,1-2H3. The third-order valence-electron chi connectivity index (χ3n) is 3.66. The summed E-state index contributed by atoms with van der Waals surface area (Å²) in [6.07, 6.45) is 3.75. The highest BCUT2D eigenvalue weighted by molar-refractivity contribution is 5.57. The van der Waals surface area contributed by atoms with E-state index in [4.69, 9.17) is 0 Å². The van der Waals surface area contributed by atoms with Gasteiger partial charge in [0.05, 0.1) is 0 Å². The molecule has 1 heterocycles. The largest absolute Gasteiger partial charge is 0.371 e. The number of benzene rings is 1. The first-order valence-corrected chi connectivity index (χ1v) is 7.31. The van der Waals surface area contributed by atoms with Gasteiger partial charge in [0.15, 0.2) is 0 Å². The van der Waals surface area contributed by atoms with Gasteiger partial charge in [0.1, 0.15) is 0 Å². The van der Waals surface area contributed by atoms with Crippen molar-refractivity contribution in [2.75, 3.05) is 31.1 Å². The fourth-order valence-electron chi connectivity index (χ4n) is 2.55. The summed E-state index contributed by atoms with van der Waals surface area (Å²) >= 11 is 0. The summed E-state index contributed by atoms with van der Waals surface area (Å²) in [4.78, 5) is 2.53. The van der Waals surface area contributed by atoms with E-state index in [1.165, 1.54) is 43.6 Å². The highest BCUT2D eigenvalue weighted by Crippen LogP contribution is 2.27. The van der Waals surface area contributed by atoms with Crippen molar-refractivity contribution in [2.24, 2.45) is 5.92 Å². The Morgan fingerprint density at radius 3 is 2.89 bits per heavy atom. The van der Waals surface area contributed by atoms with E-state index in [0.717, 1.165) is 19.0 Å². The van der Waals surface area contributed by atoms with Gasteiger partial charge in [-0.3, -0.25) is 0 Å². The second kappa shape index (κ2) is 6.79. The number of para-hydroxylation sites is 1. The lowest BCUT2D eigenvalue weighted by Gasteiger charge is -2.19. The summed E-state index contributed by atoms with van der Waals surface area (Å²) in [6.45, 7) is 9.25. The molecule has 0 atom stereocenters. The van der Waals surface area contributed by atoms with E-state index in [2.05, 4.69) is 48.3 Å². The number of nitrogens with one attached hydrogen (secondary N) is 1. The molecule has 2 rings (SSSR count). The number of nitrogens with zero attached hydrogens (tertiary/aromatic N) is 1. The molecular formula is C16H26N2. The minimum atomic E-state index is 0.808. The summed E-state index contributed by atoms with van der Waals surface area (Å²) in [5, 5.41) is 3.54. The second-order valence-electron chi connectivity index (χ2n) is 5.65. The van der Waals surface area contributed by atoms with Gasteiger partial charge in [-0.25, -0.2) is 0 Å². The van der Waals surface area contributed by atoms with E-state index in [9.17, 15) is 0 Å². The van der Waals surface area contributed by atoms with Crippen LogP contribution in [0.1, 0.15) is 32.3 Å². The Labute approximate surface area is 111 Å². The van der Waals surface area contributed by atoms with Crippen LogP contribution in [-0.2, 0) is 6.42 Å². The van der Waals surface area contributed by atoms with Crippen molar-refractivity contribution >= 4 is 5.69 Å². The van der Waals surface area contributed by atoms with Crippen LogP contribution in [0.2, 0.25) is 0 Å². The quantitative estimate of drug-likeness (QED) is 0.744. The predicted molar refractivity (Wildman–Crippen MR) is 79.3 cm³/mol. The number of fused-ring (bicyclic) bond motifs is 1. The van der Waals surface area contributed by atoms with E-state index < -0.39 is 0 Å². The monoisotopic (exact) mass is 246 g/mol. The van der Waals surface area contributed by atoms with Gasteiger partial charge in [-0.1, -0.05) is 32.0 Å². The number of hydrogen-bond acceptors (Lipinski definition) is 2. The molecule has 1 N–H and O–H groups in total. The molecule has 1 aliphatic heterocycles. The zero-order chi connectivity index (χ0) is 12.8. The van der Waals surface area contributed by atoms with Crippen molar-refractivity contribution in [3.63, 3.8) is 0 Å². The summed E-state index contributed by atoms with van der Waals surface area (Å²) < 4.78 is 0. The van der Waals surface area contributed by atoms with Gasteiger partial charge in [0.2, 0.25) is 0 Å². The molecular weight excluding hydrogens is 220 g/mol. The van der Waals surface area contributed by atoms with E-state index in [-0.39, 0.29) is 0 Å². The van der Waals surface area contributed by atoms with Gasteiger partial charge < -0.3 is 10.2 Å². The van der Waals surface area contributed by atoms with Crippen molar-refractivity contribution < 1.29 is 0 Å². The van der Waals surface area contributed by atoms with E-state index in [1.54, 1.807) is 0 Å². The van der Waals surface area contributed by atoms with Crippen molar-refractivity contribution in [3.8, 4) is 0 Å². The molecule has 2 nitrogen and oxygen atoms in total. The fourth-order valence-corrected chi connectivity index (χ4v) is 2.55. The smallest absolute Gasteiger partial charge is 0.0399 e. The Bertz CT molecular complexity index is 360. The van der Waals surface area contributed by atoms with Crippen LogP contribution in [0.4, 0.5) is 5.69 Å². The summed E-state index contributed by atoms with van der Waals surface area (Å²) in [7, 11) is 0. The average molecular weight is 246 g/mol. The predicted octanol–water partition coefficient (Wildman–Crippen LogP) is 3.07. The summed E-state index contributed by atoms with van der Waals surface area (Å²) in [5.41, 5.74) is 2.98. The van der Waals surface area contributed by atoms with Gasteiger partial charge >= 0.3 is 0 Å². The first-order valence-electron chi connectivity index (χ1n) is 7.31.